The molecule has 1 aromatic rings. The minimum Gasteiger partial charge on any atom is -0.340 e. The van der Waals surface area contributed by atoms with Crippen LogP contribution in [0.4, 0.5) is 5.69 Å². The molecule has 1 fully saturated rings. The first kappa shape index (κ1) is 14.5. The van der Waals surface area contributed by atoms with E-state index in [0.29, 0.717) is 5.56 Å². The van der Waals surface area contributed by atoms with Crippen molar-refractivity contribution in [3.63, 3.8) is 0 Å². The van der Waals surface area contributed by atoms with E-state index in [9.17, 15) is 14.9 Å². The third-order valence-electron chi connectivity index (χ3n) is 3.58. The maximum atomic E-state index is 12.3. The monoisotopic (exact) mass is 277 g/mol. The molecule has 0 spiro atoms. The standard InChI is InChI=1S/C14H19N3O3/c1-16(14(18)12-7-4-5-9-15-12)10-11-6-2-3-8-13(11)17(19)20/h2-3,6,8,12,15H,4-5,7,9-10H2,1H3. The van der Waals surface area contributed by atoms with Gasteiger partial charge < -0.3 is 10.2 Å². The fourth-order valence-corrected chi connectivity index (χ4v) is 2.48. The number of carbonyl (C=O) groups excluding carboxylic acids is 1. The number of piperidine rings is 1. The number of amides is 1. The van der Waals surface area contributed by atoms with Crippen molar-refractivity contribution < 1.29 is 9.72 Å². The van der Waals surface area contributed by atoms with Gasteiger partial charge in [-0.3, -0.25) is 14.9 Å². The molecule has 0 bridgehead atoms. The van der Waals surface area contributed by atoms with Crippen LogP contribution in [0, 0.1) is 10.1 Å². The molecule has 1 aromatic carbocycles. The number of nitrogens with one attached hydrogen (secondary N) is 1. The van der Waals surface area contributed by atoms with Gasteiger partial charge in [0.2, 0.25) is 5.91 Å². The van der Waals surface area contributed by atoms with Crippen molar-refractivity contribution in [1.82, 2.24) is 10.2 Å². The van der Waals surface area contributed by atoms with E-state index in [2.05, 4.69) is 5.32 Å². The fourth-order valence-electron chi connectivity index (χ4n) is 2.48. The van der Waals surface area contributed by atoms with Gasteiger partial charge in [0, 0.05) is 18.7 Å². The van der Waals surface area contributed by atoms with Gasteiger partial charge in [0.1, 0.15) is 0 Å². The van der Waals surface area contributed by atoms with Crippen LogP contribution < -0.4 is 5.32 Å². The normalized spacial score (nSPS) is 18.6. The Balaban J connectivity index is 2.05. The summed E-state index contributed by atoms with van der Waals surface area (Å²) >= 11 is 0. The maximum absolute atomic E-state index is 12.3. The topological polar surface area (TPSA) is 75.5 Å². The highest BCUT2D eigenvalue weighted by Gasteiger charge is 2.25. The lowest BCUT2D eigenvalue weighted by Crippen LogP contribution is -2.47. The van der Waals surface area contributed by atoms with Crippen LogP contribution in [-0.2, 0) is 11.3 Å². The molecular weight excluding hydrogens is 258 g/mol. The summed E-state index contributed by atoms with van der Waals surface area (Å²) in [6.45, 7) is 1.11. The molecule has 0 radical (unpaired) electrons. The largest absolute Gasteiger partial charge is 0.340 e. The Hall–Kier alpha value is -1.95. The van der Waals surface area contributed by atoms with E-state index in [1.807, 2.05) is 0 Å². The molecule has 6 nitrogen and oxygen atoms in total. The molecule has 2 rings (SSSR count). The van der Waals surface area contributed by atoms with E-state index >= 15 is 0 Å². The van der Waals surface area contributed by atoms with Crippen LogP contribution in [0.3, 0.4) is 0 Å². The van der Waals surface area contributed by atoms with Gasteiger partial charge in [0.05, 0.1) is 17.5 Å². The van der Waals surface area contributed by atoms with E-state index < -0.39 is 4.92 Å². The van der Waals surface area contributed by atoms with Crippen molar-refractivity contribution in [2.75, 3.05) is 13.6 Å². The number of nitro benzene ring substituents is 1. The SMILES string of the molecule is CN(Cc1ccccc1[N+](=O)[O-])C(=O)C1CCCCN1. The lowest BCUT2D eigenvalue weighted by molar-refractivity contribution is -0.385. The Bertz CT molecular complexity index is 498. The van der Waals surface area contributed by atoms with Crippen LogP contribution in [0.1, 0.15) is 24.8 Å². The van der Waals surface area contributed by atoms with Gasteiger partial charge in [-0.2, -0.15) is 0 Å². The summed E-state index contributed by atoms with van der Waals surface area (Å²) in [7, 11) is 1.69. The predicted molar refractivity (Wildman–Crippen MR) is 75.2 cm³/mol. The van der Waals surface area contributed by atoms with Crippen LogP contribution in [0.2, 0.25) is 0 Å². The predicted octanol–water partition coefficient (Wildman–Crippen LogP) is 1.70. The Morgan fingerprint density at radius 3 is 2.85 bits per heavy atom. The van der Waals surface area contributed by atoms with Crippen molar-refractivity contribution in [2.24, 2.45) is 0 Å². The Labute approximate surface area is 117 Å². The summed E-state index contributed by atoms with van der Waals surface area (Å²) in [6.07, 6.45) is 2.97. The molecule has 0 aromatic heterocycles. The second-order valence-corrected chi connectivity index (χ2v) is 5.08. The maximum Gasteiger partial charge on any atom is 0.274 e. The molecule has 108 valence electrons. The van der Waals surface area contributed by atoms with Gasteiger partial charge in [-0.15, -0.1) is 0 Å². The van der Waals surface area contributed by atoms with Crippen LogP contribution in [0.15, 0.2) is 24.3 Å². The molecule has 20 heavy (non-hydrogen) atoms. The number of benzene rings is 1. The summed E-state index contributed by atoms with van der Waals surface area (Å²) in [5.41, 5.74) is 0.618. The van der Waals surface area contributed by atoms with Gasteiger partial charge in [0.15, 0.2) is 0 Å². The van der Waals surface area contributed by atoms with Crippen molar-refractivity contribution in [3.8, 4) is 0 Å². The van der Waals surface area contributed by atoms with Crippen molar-refractivity contribution in [1.29, 1.82) is 0 Å². The lowest BCUT2D eigenvalue weighted by atomic mass is 10.0. The summed E-state index contributed by atoms with van der Waals surface area (Å²) in [5.74, 6) is 0.00264. The first-order chi connectivity index (χ1) is 9.59. The number of hydrogen-bond donors (Lipinski definition) is 1. The summed E-state index contributed by atoms with van der Waals surface area (Å²) in [4.78, 5) is 24.4. The molecular formula is C14H19N3O3. The lowest BCUT2D eigenvalue weighted by Gasteiger charge is -2.27. The third-order valence-corrected chi connectivity index (χ3v) is 3.58. The van der Waals surface area contributed by atoms with E-state index in [4.69, 9.17) is 0 Å². The average Bonchev–Trinajstić information content (AvgIpc) is 2.47. The molecule has 1 amide bonds. The van der Waals surface area contributed by atoms with Gasteiger partial charge in [0.25, 0.3) is 5.69 Å². The average molecular weight is 277 g/mol. The summed E-state index contributed by atoms with van der Waals surface area (Å²) < 4.78 is 0. The number of nitro groups is 1. The number of para-hydroxylation sites is 1. The molecule has 1 heterocycles. The van der Waals surface area contributed by atoms with Gasteiger partial charge >= 0.3 is 0 Å². The zero-order chi connectivity index (χ0) is 14.5. The first-order valence-corrected chi connectivity index (χ1v) is 6.80. The summed E-state index contributed by atoms with van der Waals surface area (Å²) in [5, 5.41) is 14.2. The fraction of sp³-hybridized carbons (Fsp3) is 0.500. The zero-order valence-electron chi connectivity index (χ0n) is 11.5. The van der Waals surface area contributed by atoms with Crippen LogP contribution in [-0.4, -0.2) is 35.4 Å². The minimum absolute atomic E-state index is 0.00264. The zero-order valence-corrected chi connectivity index (χ0v) is 11.5. The molecule has 1 saturated heterocycles. The van der Waals surface area contributed by atoms with E-state index in [1.54, 1.807) is 30.1 Å². The van der Waals surface area contributed by atoms with Crippen molar-refractivity contribution in [3.05, 3.63) is 39.9 Å². The van der Waals surface area contributed by atoms with Gasteiger partial charge in [-0.05, 0) is 19.4 Å². The highest BCUT2D eigenvalue weighted by atomic mass is 16.6. The minimum atomic E-state index is -0.410. The van der Waals surface area contributed by atoms with E-state index in [0.717, 1.165) is 25.8 Å². The van der Waals surface area contributed by atoms with Crippen molar-refractivity contribution in [2.45, 2.75) is 31.8 Å². The Kier molecular flexibility index (Phi) is 4.68. The summed E-state index contributed by atoms with van der Waals surface area (Å²) in [6, 6.07) is 6.38. The molecule has 1 atom stereocenters. The number of likely N-dealkylation sites (N-methyl/N-ethyl adjacent to an activating group) is 1. The van der Waals surface area contributed by atoms with Crippen LogP contribution in [0.5, 0.6) is 0 Å². The quantitative estimate of drug-likeness (QED) is 0.671. The molecule has 1 unspecified atom stereocenters. The molecule has 1 aliphatic heterocycles. The smallest absolute Gasteiger partial charge is 0.274 e. The van der Waals surface area contributed by atoms with Gasteiger partial charge in [-0.25, -0.2) is 0 Å². The second-order valence-electron chi connectivity index (χ2n) is 5.08. The molecule has 1 aliphatic rings. The number of carbonyl (C=O) groups is 1. The highest BCUT2D eigenvalue weighted by Crippen LogP contribution is 2.20. The molecule has 0 saturated carbocycles. The van der Waals surface area contributed by atoms with E-state index in [-0.39, 0.29) is 24.2 Å². The number of nitrogens with zero attached hydrogens (tertiary/aromatic N) is 2. The number of rotatable bonds is 4. The molecule has 0 aliphatic carbocycles. The van der Waals surface area contributed by atoms with E-state index in [1.165, 1.54) is 6.07 Å². The number of hydrogen-bond acceptors (Lipinski definition) is 4. The second kappa shape index (κ2) is 6.47. The molecule has 6 heteroatoms. The third kappa shape index (κ3) is 3.33. The van der Waals surface area contributed by atoms with Crippen LogP contribution >= 0.6 is 0 Å². The first-order valence-electron chi connectivity index (χ1n) is 6.80. The Morgan fingerprint density at radius 1 is 1.45 bits per heavy atom. The van der Waals surface area contributed by atoms with Crippen LogP contribution in [0.25, 0.3) is 0 Å². The Morgan fingerprint density at radius 2 is 2.20 bits per heavy atom. The van der Waals surface area contributed by atoms with Crippen molar-refractivity contribution >= 4 is 11.6 Å². The highest BCUT2D eigenvalue weighted by molar-refractivity contribution is 5.81. The van der Waals surface area contributed by atoms with Gasteiger partial charge in [-0.1, -0.05) is 24.6 Å². The molecule has 1 N–H and O–H groups in total.